The van der Waals surface area contributed by atoms with Gasteiger partial charge in [0, 0.05) is 36.3 Å². The first-order valence-corrected chi connectivity index (χ1v) is 7.85. The molecule has 23 heavy (non-hydrogen) atoms. The Balaban J connectivity index is 2.08. The zero-order chi connectivity index (χ0) is 21.6. The largest absolute Gasteiger partial charge is 0.493 e. The van der Waals surface area contributed by atoms with Gasteiger partial charge in [-0.2, -0.15) is 0 Å². The number of fused-ring (bicyclic) bond motifs is 2. The van der Waals surface area contributed by atoms with E-state index in [9.17, 15) is 4.79 Å². The molecular weight excluding hydrogens is 290 g/mol. The van der Waals surface area contributed by atoms with E-state index in [1.165, 1.54) is 12.1 Å². The third-order valence-corrected chi connectivity index (χ3v) is 4.55. The van der Waals surface area contributed by atoms with E-state index in [4.69, 9.17) is 17.7 Å². The molecule has 2 aliphatic rings. The summed E-state index contributed by atoms with van der Waals surface area (Å²) in [5, 5.41) is 1.37. The summed E-state index contributed by atoms with van der Waals surface area (Å²) in [6.07, 6.45) is 3.01. The van der Waals surface area contributed by atoms with Crippen LogP contribution in [0.3, 0.4) is 0 Å². The monoisotopic (exact) mass is 321 g/mol. The Morgan fingerprint density at radius 1 is 1.30 bits per heavy atom. The average molecular weight is 321 g/mol. The van der Waals surface area contributed by atoms with E-state index in [0.29, 0.717) is 29.4 Å². The molecule has 2 aliphatic heterocycles. The molecule has 0 radical (unpaired) electrons. The van der Waals surface area contributed by atoms with Crippen molar-refractivity contribution in [2.45, 2.75) is 26.7 Å². The van der Waals surface area contributed by atoms with Crippen LogP contribution >= 0.6 is 0 Å². The highest BCUT2D eigenvalue weighted by Crippen LogP contribution is 2.29. The first kappa shape index (κ1) is 10.0. The summed E-state index contributed by atoms with van der Waals surface area (Å²) in [5.74, 6) is 0.221. The number of carbonyl (C=O) groups is 1. The molecule has 0 aromatic heterocycles. The van der Waals surface area contributed by atoms with Gasteiger partial charge in [-0.25, -0.2) is 0 Å². The molecule has 1 unspecified atom stereocenters. The Labute approximate surface area is 145 Å². The van der Waals surface area contributed by atoms with Crippen LogP contribution in [0.1, 0.15) is 34.9 Å². The fraction of sp³-hybridized carbons (Fsp3) is 0.526. The van der Waals surface area contributed by atoms with Gasteiger partial charge in [0.25, 0.3) is 0 Å². The zero-order valence-corrected chi connectivity index (χ0v) is 13.4. The zero-order valence-electron chi connectivity index (χ0n) is 19.4. The number of piperidine rings is 1. The smallest absolute Gasteiger partial charge is 0.161 e. The van der Waals surface area contributed by atoms with Crippen molar-refractivity contribution < 1.29 is 22.5 Å². The quantitative estimate of drug-likeness (QED) is 0.843. The number of Topliss-reactive ketones (excluding diaryl/α,β-unsaturated/α-hetero) is 1. The van der Waals surface area contributed by atoms with Gasteiger partial charge in [0.2, 0.25) is 0 Å². The first-order valence-electron chi connectivity index (χ1n) is 10.9. The van der Waals surface area contributed by atoms with Crippen molar-refractivity contribution in [2.24, 2.45) is 11.8 Å². The van der Waals surface area contributed by atoms with E-state index in [-0.39, 0.29) is 29.6 Å². The number of benzene rings is 1. The number of ketones is 1. The molecule has 0 bridgehead atoms. The fourth-order valence-corrected chi connectivity index (χ4v) is 3.49. The molecule has 1 aromatic carbocycles. The molecule has 0 amide bonds. The number of methoxy groups -OCH3 is 2. The van der Waals surface area contributed by atoms with Gasteiger partial charge in [-0.3, -0.25) is 4.79 Å². The van der Waals surface area contributed by atoms with Gasteiger partial charge < -0.3 is 14.4 Å². The van der Waals surface area contributed by atoms with E-state index in [1.54, 1.807) is 0 Å². The van der Waals surface area contributed by atoms with Crippen molar-refractivity contribution in [1.82, 2.24) is 4.90 Å². The van der Waals surface area contributed by atoms with Crippen molar-refractivity contribution in [3.63, 3.8) is 0 Å². The molecule has 1 fully saturated rings. The van der Waals surface area contributed by atoms with Crippen molar-refractivity contribution >= 4 is 17.6 Å². The maximum absolute atomic E-state index is 12.7. The SMILES string of the molecule is [2H]C([2H])([2H])Oc1cc2c(cc1OC([2H])([2H])[2H])=C1CC(=O)C(CC(C)C)CN1CC=2. The minimum Gasteiger partial charge on any atom is -0.493 e. The molecule has 1 aromatic rings. The van der Waals surface area contributed by atoms with Crippen LogP contribution in [0.25, 0.3) is 11.8 Å². The molecule has 0 aliphatic carbocycles. The summed E-state index contributed by atoms with van der Waals surface area (Å²) in [4.78, 5) is 14.8. The summed E-state index contributed by atoms with van der Waals surface area (Å²) < 4.78 is 54.1. The second-order valence-corrected chi connectivity index (χ2v) is 6.62. The van der Waals surface area contributed by atoms with E-state index in [0.717, 1.165) is 12.1 Å². The molecule has 1 saturated heterocycles. The lowest BCUT2D eigenvalue weighted by atomic mass is 9.86. The normalized spacial score (nSPS) is 25.0. The highest BCUT2D eigenvalue weighted by atomic mass is 16.5. The van der Waals surface area contributed by atoms with Crippen LogP contribution in [-0.2, 0) is 4.79 Å². The predicted octanol–water partition coefficient (Wildman–Crippen LogP) is 1.54. The third kappa shape index (κ3) is 2.94. The average Bonchev–Trinajstić information content (AvgIpc) is 2.53. The Morgan fingerprint density at radius 2 is 2.04 bits per heavy atom. The van der Waals surface area contributed by atoms with Crippen LogP contribution in [-0.4, -0.2) is 37.8 Å². The van der Waals surface area contributed by atoms with Gasteiger partial charge in [0.05, 0.1) is 22.3 Å². The summed E-state index contributed by atoms with van der Waals surface area (Å²) in [7, 11) is -5.52. The van der Waals surface area contributed by atoms with E-state index < -0.39 is 14.1 Å². The molecule has 0 N–H and O–H groups in total. The lowest BCUT2D eigenvalue weighted by Gasteiger charge is -2.37. The van der Waals surface area contributed by atoms with Gasteiger partial charge in [0.1, 0.15) is 5.78 Å². The number of carbonyl (C=O) groups excluding carboxylic acids is 1. The topological polar surface area (TPSA) is 38.8 Å². The molecule has 0 saturated carbocycles. The van der Waals surface area contributed by atoms with Crippen molar-refractivity contribution in [3.05, 3.63) is 22.6 Å². The van der Waals surface area contributed by atoms with Crippen LogP contribution in [0.15, 0.2) is 12.1 Å². The number of nitrogens with zero attached hydrogens (tertiary/aromatic N) is 1. The van der Waals surface area contributed by atoms with Crippen LogP contribution < -0.4 is 19.9 Å². The lowest BCUT2D eigenvalue weighted by Crippen LogP contribution is -2.47. The molecule has 124 valence electrons. The molecule has 4 nitrogen and oxygen atoms in total. The second-order valence-electron chi connectivity index (χ2n) is 6.62. The fourth-order valence-electron chi connectivity index (χ4n) is 3.49. The summed E-state index contributed by atoms with van der Waals surface area (Å²) in [5.41, 5.74) is 0.809. The maximum Gasteiger partial charge on any atom is 0.161 e. The van der Waals surface area contributed by atoms with Crippen molar-refractivity contribution in [3.8, 4) is 11.5 Å². The molecule has 2 heterocycles. The second kappa shape index (κ2) is 6.26. The molecule has 1 atom stereocenters. The van der Waals surface area contributed by atoms with Gasteiger partial charge in [-0.1, -0.05) is 19.9 Å². The number of hydrogen-bond acceptors (Lipinski definition) is 4. The number of rotatable bonds is 4. The van der Waals surface area contributed by atoms with E-state index >= 15 is 0 Å². The van der Waals surface area contributed by atoms with Crippen LogP contribution in [0.5, 0.6) is 11.5 Å². The molecule has 3 rings (SSSR count). The Morgan fingerprint density at radius 3 is 2.74 bits per heavy atom. The van der Waals surface area contributed by atoms with Gasteiger partial charge in [0.15, 0.2) is 11.5 Å². The van der Waals surface area contributed by atoms with Crippen LogP contribution in [0.2, 0.25) is 0 Å². The van der Waals surface area contributed by atoms with Gasteiger partial charge in [-0.15, -0.1) is 0 Å². The van der Waals surface area contributed by atoms with Crippen molar-refractivity contribution in [1.29, 1.82) is 0 Å². The highest BCUT2D eigenvalue weighted by molar-refractivity contribution is 5.90. The molecule has 4 heteroatoms. The summed E-state index contributed by atoms with van der Waals surface area (Å²) in [6.45, 7) is 5.40. The Kier molecular flexibility index (Phi) is 2.73. The predicted molar refractivity (Wildman–Crippen MR) is 90.8 cm³/mol. The highest BCUT2D eigenvalue weighted by Gasteiger charge is 2.31. The minimum atomic E-state index is -2.77. The van der Waals surface area contributed by atoms with Crippen LogP contribution in [0, 0.1) is 11.8 Å². The van der Waals surface area contributed by atoms with Gasteiger partial charge in [-0.05, 0) is 29.7 Å². The number of ether oxygens (including phenoxy) is 2. The Hall–Kier alpha value is -1.97. The summed E-state index contributed by atoms with van der Waals surface area (Å²) >= 11 is 0. The minimum absolute atomic E-state index is 0.0232. The van der Waals surface area contributed by atoms with Crippen LogP contribution in [0.4, 0.5) is 0 Å². The van der Waals surface area contributed by atoms with Gasteiger partial charge >= 0.3 is 0 Å². The van der Waals surface area contributed by atoms with E-state index in [1.807, 2.05) is 6.08 Å². The van der Waals surface area contributed by atoms with Crippen molar-refractivity contribution in [2.75, 3.05) is 27.2 Å². The molecular formula is C19H25NO3. The van der Waals surface area contributed by atoms with E-state index in [2.05, 4.69) is 18.7 Å². The number of hydrogen-bond donors (Lipinski definition) is 0. The first-order chi connectivity index (χ1) is 13.3. The Bertz CT molecular complexity index is 920. The third-order valence-electron chi connectivity index (χ3n) is 4.55. The lowest BCUT2D eigenvalue weighted by molar-refractivity contribution is -0.124. The standard InChI is InChI=1S/C19H25NO3/c1-12(2)7-14-11-20-6-5-13-8-18(22-3)19(23-4)9-15(13)16(20)10-17(14)21/h5,8-9,12,14H,6-7,10-11H2,1-4H3/i3D3,4D3. The molecule has 0 spiro atoms. The summed E-state index contributed by atoms with van der Waals surface area (Å²) in [6, 6.07) is 2.94. The maximum atomic E-state index is 12.7.